The Kier molecular flexibility index (Phi) is 7.77. The third kappa shape index (κ3) is 9.07. The molecule has 0 aliphatic carbocycles. The number of hydrogen-bond donors (Lipinski definition) is 0. The van der Waals surface area contributed by atoms with Crippen LogP contribution in [-0.2, 0) is 14.2 Å². The first kappa shape index (κ1) is 25.1. The van der Waals surface area contributed by atoms with Gasteiger partial charge in [0, 0.05) is 5.56 Å². The number of imide groups is 1. The first-order valence-corrected chi connectivity index (χ1v) is 9.53. The van der Waals surface area contributed by atoms with E-state index in [9.17, 15) is 14.4 Å². The molecule has 0 bridgehead atoms. The minimum absolute atomic E-state index is 0.276. The normalized spacial score (nSPS) is 12.8. The van der Waals surface area contributed by atoms with E-state index in [1.807, 2.05) is 0 Å². The number of amides is 3. The number of carbonyl (C=O) groups is 3. The average Bonchev–Trinajstić information content (AvgIpc) is 2.49. The number of ether oxygens (including phenoxy) is 3. The summed E-state index contributed by atoms with van der Waals surface area (Å²) >= 11 is 0. The van der Waals surface area contributed by atoms with Crippen LogP contribution in [0.5, 0.6) is 0 Å². The van der Waals surface area contributed by atoms with Crippen molar-refractivity contribution in [1.29, 1.82) is 0 Å². The Bertz CT molecular complexity index is 768. The lowest BCUT2D eigenvalue weighted by atomic mass is 10.2. The smallest absolute Gasteiger partial charge is 0.436 e. The van der Waals surface area contributed by atoms with Gasteiger partial charge < -0.3 is 14.2 Å². The summed E-state index contributed by atoms with van der Waals surface area (Å²) in [7, 11) is 0. The van der Waals surface area contributed by atoms with Crippen molar-refractivity contribution < 1.29 is 28.6 Å². The number of rotatable bonds is 1. The maximum atomic E-state index is 12.9. The third-order valence-corrected chi connectivity index (χ3v) is 2.93. The van der Waals surface area contributed by atoms with Crippen LogP contribution in [0.25, 0.3) is 0 Å². The van der Waals surface area contributed by atoms with Crippen LogP contribution in [0.1, 0.15) is 67.9 Å². The Labute approximate surface area is 178 Å². The molecule has 1 aromatic rings. The van der Waals surface area contributed by atoms with Crippen molar-refractivity contribution >= 4 is 24.1 Å². The van der Waals surface area contributed by atoms with E-state index >= 15 is 0 Å². The van der Waals surface area contributed by atoms with Crippen LogP contribution in [-0.4, -0.2) is 45.8 Å². The maximum Gasteiger partial charge on any atom is 0.436 e. The Hall–Kier alpha value is -2.90. The second-order valence-electron chi connectivity index (χ2n) is 9.50. The SMILES string of the molecule is CC(C)(C)OC(=O)/N=C(\c1cc[c]cc1)N(C(=O)OC(C)(C)C)C(=O)OC(C)(C)C. The number of aliphatic imine (C=N–C) groups is 1. The molecule has 0 aromatic heterocycles. The third-order valence-electron chi connectivity index (χ3n) is 2.93. The molecule has 0 unspecified atom stereocenters. The van der Waals surface area contributed by atoms with Crippen LogP contribution < -0.4 is 0 Å². The summed E-state index contributed by atoms with van der Waals surface area (Å²) in [5.74, 6) is -0.276. The molecule has 3 amide bonds. The van der Waals surface area contributed by atoms with Crippen LogP contribution in [0.2, 0.25) is 0 Å². The topological polar surface area (TPSA) is 94.5 Å². The fraction of sp³-hybridized carbons (Fsp3) is 0.545. The van der Waals surface area contributed by atoms with Gasteiger partial charge in [0.25, 0.3) is 0 Å². The van der Waals surface area contributed by atoms with Crippen LogP contribution in [0.4, 0.5) is 14.4 Å². The van der Waals surface area contributed by atoms with E-state index in [2.05, 4.69) is 11.1 Å². The standard InChI is InChI=1S/C22H31N2O6/c1-20(2,3)28-17(25)23-16(15-13-11-10-12-14-15)24(18(26)29-21(4,5)6)19(27)30-22(7,8)9/h11-14H,1-9H3/b23-16+. The second-order valence-corrected chi connectivity index (χ2v) is 9.50. The first-order valence-electron chi connectivity index (χ1n) is 9.53. The van der Waals surface area contributed by atoms with Crippen molar-refractivity contribution in [2.75, 3.05) is 0 Å². The highest BCUT2D eigenvalue weighted by Crippen LogP contribution is 2.19. The van der Waals surface area contributed by atoms with Crippen molar-refractivity contribution in [3.63, 3.8) is 0 Å². The average molecular weight is 419 g/mol. The molecule has 0 saturated heterocycles. The number of hydrogen-bond acceptors (Lipinski definition) is 6. The molecule has 165 valence electrons. The van der Waals surface area contributed by atoms with Crippen molar-refractivity contribution in [1.82, 2.24) is 4.90 Å². The van der Waals surface area contributed by atoms with E-state index in [0.29, 0.717) is 10.5 Å². The first-order chi connectivity index (χ1) is 13.5. The molecule has 0 N–H and O–H groups in total. The van der Waals surface area contributed by atoms with Gasteiger partial charge in [0.05, 0.1) is 0 Å². The van der Waals surface area contributed by atoms with Crippen molar-refractivity contribution in [3.8, 4) is 0 Å². The van der Waals surface area contributed by atoms with E-state index < -0.39 is 35.1 Å². The second kappa shape index (κ2) is 9.28. The van der Waals surface area contributed by atoms with Gasteiger partial charge in [0.2, 0.25) is 0 Å². The highest BCUT2D eigenvalue weighted by atomic mass is 16.6. The summed E-state index contributed by atoms with van der Waals surface area (Å²) in [6, 6.07) is 9.04. The van der Waals surface area contributed by atoms with Gasteiger partial charge in [-0.15, -0.1) is 0 Å². The molecule has 0 fully saturated rings. The predicted octanol–water partition coefficient (Wildman–Crippen LogP) is 5.34. The van der Waals surface area contributed by atoms with Crippen LogP contribution in [0.3, 0.4) is 0 Å². The lowest BCUT2D eigenvalue weighted by Crippen LogP contribution is -2.47. The minimum atomic E-state index is -1.04. The van der Waals surface area contributed by atoms with Crippen LogP contribution in [0, 0.1) is 6.07 Å². The number of benzene rings is 1. The zero-order valence-corrected chi connectivity index (χ0v) is 19.2. The zero-order valence-electron chi connectivity index (χ0n) is 19.2. The Morgan fingerprint density at radius 3 is 1.53 bits per heavy atom. The van der Waals surface area contributed by atoms with Gasteiger partial charge in [0.1, 0.15) is 16.8 Å². The molecule has 1 radical (unpaired) electrons. The Morgan fingerprint density at radius 1 is 0.767 bits per heavy atom. The summed E-state index contributed by atoms with van der Waals surface area (Å²) in [5.41, 5.74) is -2.33. The van der Waals surface area contributed by atoms with Gasteiger partial charge in [-0.1, -0.05) is 24.3 Å². The van der Waals surface area contributed by atoms with Gasteiger partial charge in [-0.25, -0.2) is 14.4 Å². The summed E-state index contributed by atoms with van der Waals surface area (Å²) < 4.78 is 16.0. The van der Waals surface area contributed by atoms with E-state index in [1.165, 1.54) is 0 Å². The highest BCUT2D eigenvalue weighted by Gasteiger charge is 2.36. The molecule has 30 heavy (non-hydrogen) atoms. The number of carbonyl (C=O) groups excluding carboxylic acids is 3. The lowest BCUT2D eigenvalue weighted by molar-refractivity contribution is 0.0148. The quantitative estimate of drug-likeness (QED) is 0.346. The van der Waals surface area contributed by atoms with Gasteiger partial charge in [0.15, 0.2) is 5.84 Å². The molecule has 0 saturated carbocycles. The molecule has 0 aliphatic rings. The lowest BCUT2D eigenvalue weighted by Gasteiger charge is -2.29. The molecule has 1 rings (SSSR count). The van der Waals surface area contributed by atoms with Gasteiger partial charge in [-0.05, 0) is 68.4 Å². The molecule has 0 aliphatic heterocycles. The van der Waals surface area contributed by atoms with Gasteiger partial charge in [-0.2, -0.15) is 9.89 Å². The molecular formula is C22H31N2O6. The van der Waals surface area contributed by atoms with Crippen molar-refractivity contribution in [3.05, 3.63) is 35.9 Å². The Balaban J connectivity index is 3.56. The number of amidine groups is 1. The van der Waals surface area contributed by atoms with Crippen molar-refractivity contribution in [2.24, 2.45) is 4.99 Å². The van der Waals surface area contributed by atoms with Crippen molar-refractivity contribution in [2.45, 2.75) is 79.1 Å². The van der Waals surface area contributed by atoms with Gasteiger partial charge in [-0.3, -0.25) is 0 Å². The minimum Gasteiger partial charge on any atom is -0.443 e. The maximum absolute atomic E-state index is 12.9. The Morgan fingerprint density at radius 2 is 1.17 bits per heavy atom. The predicted molar refractivity (Wildman–Crippen MR) is 112 cm³/mol. The van der Waals surface area contributed by atoms with E-state index in [-0.39, 0.29) is 5.84 Å². The molecule has 8 nitrogen and oxygen atoms in total. The summed E-state index contributed by atoms with van der Waals surface area (Å²) in [6.07, 6.45) is -3.04. The van der Waals surface area contributed by atoms with E-state index in [0.717, 1.165) is 0 Å². The molecule has 0 atom stereocenters. The highest BCUT2D eigenvalue weighted by molar-refractivity contribution is 6.17. The molecule has 1 aromatic carbocycles. The van der Waals surface area contributed by atoms with E-state index in [1.54, 1.807) is 86.6 Å². The van der Waals surface area contributed by atoms with Gasteiger partial charge >= 0.3 is 18.3 Å². The molecule has 0 heterocycles. The van der Waals surface area contributed by atoms with Crippen LogP contribution in [0.15, 0.2) is 29.3 Å². The summed E-state index contributed by atoms with van der Waals surface area (Å²) in [4.78, 5) is 42.8. The fourth-order valence-electron chi connectivity index (χ4n) is 2.01. The summed E-state index contributed by atoms with van der Waals surface area (Å²) in [6.45, 7) is 15.0. The fourth-order valence-corrected chi connectivity index (χ4v) is 2.01. The largest absolute Gasteiger partial charge is 0.443 e. The number of nitrogens with zero attached hydrogens (tertiary/aromatic N) is 2. The molecule has 8 heteroatoms. The monoisotopic (exact) mass is 419 g/mol. The van der Waals surface area contributed by atoms with Crippen LogP contribution >= 0.6 is 0 Å². The van der Waals surface area contributed by atoms with E-state index in [4.69, 9.17) is 14.2 Å². The molecule has 0 spiro atoms. The summed E-state index contributed by atoms with van der Waals surface area (Å²) in [5, 5.41) is 0. The molecular weight excluding hydrogens is 388 g/mol. The zero-order chi connectivity index (χ0) is 23.3.